The van der Waals surface area contributed by atoms with E-state index >= 15 is 0 Å². The molecule has 1 aliphatic heterocycles. The minimum atomic E-state index is -3.80. The summed E-state index contributed by atoms with van der Waals surface area (Å²) in [6, 6.07) is 7.28. The first-order chi connectivity index (χ1) is 14.9. The molecule has 1 aromatic rings. The number of amides is 2. The van der Waals surface area contributed by atoms with Crippen molar-refractivity contribution < 1.29 is 22.7 Å². The topological polar surface area (TPSA) is 105 Å². The highest BCUT2D eigenvalue weighted by molar-refractivity contribution is 7.89. The Morgan fingerprint density at radius 2 is 1.84 bits per heavy atom. The van der Waals surface area contributed by atoms with Crippen LogP contribution in [0.3, 0.4) is 0 Å². The number of ether oxygens (including phenoxy) is 1. The van der Waals surface area contributed by atoms with E-state index in [4.69, 9.17) is 4.74 Å². The number of sulfonamides is 1. The van der Waals surface area contributed by atoms with Gasteiger partial charge in [-0.3, -0.25) is 9.59 Å². The van der Waals surface area contributed by atoms with E-state index in [9.17, 15) is 18.0 Å². The largest absolute Gasteiger partial charge is 0.376 e. The molecule has 1 saturated carbocycles. The lowest BCUT2D eigenvalue weighted by Crippen LogP contribution is -2.56. The summed E-state index contributed by atoms with van der Waals surface area (Å²) in [5.41, 5.74) is 0. The smallest absolute Gasteiger partial charge is 0.242 e. The molecule has 1 aliphatic carbocycles. The van der Waals surface area contributed by atoms with Crippen LogP contribution in [0, 0.1) is 0 Å². The van der Waals surface area contributed by atoms with Crippen molar-refractivity contribution in [2.24, 2.45) is 0 Å². The van der Waals surface area contributed by atoms with E-state index in [-0.39, 0.29) is 35.4 Å². The Labute approximate surface area is 184 Å². The summed E-state index contributed by atoms with van der Waals surface area (Å²) in [4.78, 5) is 27.8. The number of benzene rings is 1. The minimum absolute atomic E-state index is 0.0229. The van der Waals surface area contributed by atoms with Gasteiger partial charge in [-0.1, -0.05) is 38.0 Å². The average Bonchev–Trinajstić information content (AvgIpc) is 3.49. The fourth-order valence-electron chi connectivity index (χ4n) is 4.39. The maximum absolute atomic E-state index is 13.2. The van der Waals surface area contributed by atoms with Gasteiger partial charge in [0.2, 0.25) is 21.8 Å². The van der Waals surface area contributed by atoms with Gasteiger partial charge in [-0.15, -0.1) is 0 Å². The molecule has 2 amide bonds. The van der Waals surface area contributed by atoms with E-state index in [0.717, 1.165) is 38.5 Å². The summed E-state index contributed by atoms with van der Waals surface area (Å²) in [7, 11) is -3.80. The lowest BCUT2D eigenvalue weighted by atomic mass is 10.1. The molecule has 172 valence electrons. The van der Waals surface area contributed by atoms with Crippen LogP contribution in [-0.2, 0) is 24.3 Å². The van der Waals surface area contributed by atoms with Crippen LogP contribution in [0.25, 0.3) is 0 Å². The number of rotatable bonds is 10. The molecule has 1 heterocycles. The van der Waals surface area contributed by atoms with Crippen LogP contribution in [-0.4, -0.2) is 63.0 Å². The Hall–Kier alpha value is -1.97. The molecular formula is C22H33N3O5S. The van der Waals surface area contributed by atoms with Gasteiger partial charge < -0.3 is 15.0 Å². The van der Waals surface area contributed by atoms with Gasteiger partial charge in [-0.25, -0.2) is 13.1 Å². The van der Waals surface area contributed by atoms with Crippen LogP contribution in [0.1, 0.15) is 51.9 Å². The first-order valence-corrected chi connectivity index (χ1v) is 12.7. The molecule has 1 saturated heterocycles. The number of hydrogen-bond acceptors (Lipinski definition) is 5. The van der Waals surface area contributed by atoms with E-state index < -0.39 is 16.1 Å². The van der Waals surface area contributed by atoms with Gasteiger partial charge >= 0.3 is 0 Å². The average molecular weight is 452 g/mol. The fraction of sp³-hybridized carbons (Fsp3) is 0.636. The predicted molar refractivity (Wildman–Crippen MR) is 117 cm³/mol. The summed E-state index contributed by atoms with van der Waals surface area (Å²) in [6.07, 6.45) is 6.05. The van der Waals surface area contributed by atoms with Crippen molar-refractivity contribution in [1.29, 1.82) is 0 Å². The molecule has 2 N–H and O–H groups in total. The van der Waals surface area contributed by atoms with E-state index in [1.807, 2.05) is 6.92 Å². The third-order valence-electron chi connectivity index (χ3n) is 6.03. The molecule has 2 atom stereocenters. The van der Waals surface area contributed by atoms with Gasteiger partial charge in [0.05, 0.1) is 17.5 Å². The molecule has 2 aliphatic rings. The number of nitrogens with zero attached hydrogens (tertiary/aromatic N) is 1. The maximum Gasteiger partial charge on any atom is 0.242 e. The maximum atomic E-state index is 13.2. The van der Waals surface area contributed by atoms with Gasteiger partial charge in [0.25, 0.3) is 0 Å². The Bertz CT molecular complexity index is 834. The van der Waals surface area contributed by atoms with E-state index in [1.165, 1.54) is 12.1 Å². The summed E-state index contributed by atoms with van der Waals surface area (Å²) in [5, 5.41) is 2.94. The molecule has 31 heavy (non-hydrogen) atoms. The van der Waals surface area contributed by atoms with Gasteiger partial charge in [0.1, 0.15) is 6.04 Å². The summed E-state index contributed by atoms with van der Waals surface area (Å²) >= 11 is 0. The highest BCUT2D eigenvalue weighted by atomic mass is 32.2. The molecular weight excluding hydrogens is 418 g/mol. The monoisotopic (exact) mass is 451 g/mol. The van der Waals surface area contributed by atoms with E-state index in [0.29, 0.717) is 19.6 Å². The van der Waals surface area contributed by atoms with Crippen LogP contribution in [0.2, 0.25) is 0 Å². The zero-order chi connectivity index (χ0) is 22.3. The summed E-state index contributed by atoms with van der Waals surface area (Å²) < 4.78 is 33.0. The number of carbonyl (C=O) groups is 2. The summed E-state index contributed by atoms with van der Waals surface area (Å²) in [5.74, 6) is -0.574. The Morgan fingerprint density at radius 1 is 1.13 bits per heavy atom. The standard InChI is InChI=1S/C22H33N3O5S/c1-2-20(22(27)23-15-18-11-8-14-30-18)25(17-9-6-7-10-17)21(26)16-24-31(28,29)19-12-4-3-5-13-19/h3-5,12-13,17-18,20,24H,2,6-11,14-16H2,1H3,(H,23,27). The Morgan fingerprint density at radius 3 is 2.45 bits per heavy atom. The zero-order valence-corrected chi connectivity index (χ0v) is 18.9. The van der Waals surface area contributed by atoms with E-state index in [2.05, 4.69) is 10.0 Å². The second-order valence-electron chi connectivity index (χ2n) is 8.18. The molecule has 3 rings (SSSR count). The lowest BCUT2D eigenvalue weighted by molar-refractivity contribution is -0.142. The van der Waals surface area contributed by atoms with Gasteiger partial charge in [-0.2, -0.15) is 0 Å². The normalized spacial score (nSPS) is 20.5. The Balaban J connectivity index is 1.67. The quantitative estimate of drug-likeness (QED) is 0.565. The molecule has 2 fully saturated rings. The molecule has 0 spiro atoms. The van der Waals surface area contributed by atoms with Crippen LogP contribution in [0.4, 0.5) is 0 Å². The molecule has 8 nitrogen and oxygen atoms in total. The molecule has 9 heteroatoms. The van der Waals surface area contributed by atoms with Crippen molar-refractivity contribution >= 4 is 21.8 Å². The molecule has 0 bridgehead atoms. The van der Waals surface area contributed by atoms with Crippen molar-refractivity contribution in [3.05, 3.63) is 30.3 Å². The third kappa shape index (κ3) is 6.27. The van der Waals surface area contributed by atoms with Crippen LogP contribution in [0.5, 0.6) is 0 Å². The SMILES string of the molecule is CCC(C(=O)NCC1CCCO1)N(C(=O)CNS(=O)(=O)c1ccccc1)C1CCCC1. The van der Waals surface area contributed by atoms with Crippen molar-refractivity contribution in [2.45, 2.75) is 75.0 Å². The Kier molecular flexibility index (Phi) is 8.45. The van der Waals surface area contributed by atoms with Crippen molar-refractivity contribution in [1.82, 2.24) is 14.9 Å². The molecule has 0 radical (unpaired) electrons. The highest BCUT2D eigenvalue weighted by Crippen LogP contribution is 2.26. The predicted octanol–water partition coefficient (Wildman–Crippen LogP) is 1.81. The van der Waals surface area contributed by atoms with Crippen LogP contribution >= 0.6 is 0 Å². The van der Waals surface area contributed by atoms with Gasteiger partial charge in [0.15, 0.2) is 0 Å². The minimum Gasteiger partial charge on any atom is -0.376 e. The third-order valence-corrected chi connectivity index (χ3v) is 7.44. The van der Waals surface area contributed by atoms with Crippen molar-refractivity contribution in [2.75, 3.05) is 19.7 Å². The van der Waals surface area contributed by atoms with E-state index in [1.54, 1.807) is 23.1 Å². The van der Waals surface area contributed by atoms with Crippen molar-refractivity contribution in [3.63, 3.8) is 0 Å². The first-order valence-electron chi connectivity index (χ1n) is 11.2. The second-order valence-corrected chi connectivity index (χ2v) is 9.95. The van der Waals surface area contributed by atoms with Gasteiger partial charge in [0, 0.05) is 19.2 Å². The van der Waals surface area contributed by atoms with Gasteiger partial charge in [-0.05, 0) is 44.2 Å². The number of nitrogens with one attached hydrogen (secondary N) is 2. The summed E-state index contributed by atoms with van der Waals surface area (Å²) in [6.45, 7) is 2.65. The van der Waals surface area contributed by atoms with Crippen LogP contribution in [0.15, 0.2) is 35.2 Å². The lowest BCUT2D eigenvalue weighted by Gasteiger charge is -2.35. The second kappa shape index (κ2) is 11.1. The zero-order valence-electron chi connectivity index (χ0n) is 18.1. The molecule has 1 aromatic carbocycles. The fourth-order valence-corrected chi connectivity index (χ4v) is 5.39. The first kappa shape index (κ1) is 23.7. The van der Waals surface area contributed by atoms with Crippen molar-refractivity contribution in [3.8, 4) is 0 Å². The number of carbonyl (C=O) groups excluding carboxylic acids is 2. The molecule has 0 aromatic heterocycles. The molecule has 2 unspecified atom stereocenters. The van der Waals surface area contributed by atoms with Crippen LogP contribution < -0.4 is 10.0 Å². The number of hydrogen-bond donors (Lipinski definition) is 2. The highest BCUT2D eigenvalue weighted by Gasteiger charge is 2.36.